The number of carbonyl (C=O) groups is 2. The van der Waals surface area contributed by atoms with E-state index in [1.54, 1.807) is 0 Å². The zero-order valence-corrected chi connectivity index (χ0v) is 11.1. The minimum absolute atomic E-state index is 0.0173. The monoisotopic (exact) mass is 258 g/mol. The van der Waals surface area contributed by atoms with E-state index in [0.717, 1.165) is 5.57 Å². The van der Waals surface area contributed by atoms with Gasteiger partial charge in [0.15, 0.2) is 0 Å². The van der Waals surface area contributed by atoms with Crippen molar-refractivity contribution in [3.8, 4) is 0 Å². The van der Waals surface area contributed by atoms with E-state index in [9.17, 15) is 9.59 Å². The van der Waals surface area contributed by atoms with Crippen molar-refractivity contribution in [3.05, 3.63) is 11.8 Å². The molecule has 0 aromatic rings. The topological polar surface area (TPSA) is 72.8 Å². The molecule has 0 atom stereocenters. The summed E-state index contributed by atoms with van der Waals surface area (Å²) in [7, 11) is 0. The molecule has 104 valence electrons. The van der Waals surface area contributed by atoms with E-state index in [0.29, 0.717) is 32.1 Å². The maximum Gasteiger partial charge on any atom is 0.310 e. The fourth-order valence-electron chi connectivity index (χ4n) is 1.10. The molecule has 0 aromatic carbocycles. The zero-order valence-electron chi connectivity index (χ0n) is 11.1. The second kappa shape index (κ2) is 10.8. The summed E-state index contributed by atoms with van der Waals surface area (Å²) < 4.78 is 9.69. The van der Waals surface area contributed by atoms with E-state index in [1.807, 2.05) is 13.8 Å². The molecule has 0 unspecified atom stereocenters. The Balaban J connectivity index is 3.46. The van der Waals surface area contributed by atoms with Gasteiger partial charge in [0, 0.05) is 25.9 Å². The highest BCUT2D eigenvalue weighted by molar-refractivity contribution is 5.71. The van der Waals surface area contributed by atoms with Crippen molar-refractivity contribution in [2.45, 2.75) is 46.0 Å². The van der Waals surface area contributed by atoms with Gasteiger partial charge in [-0.2, -0.15) is 0 Å². The van der Waals surface area contributed by atoms with Gasteiger partial charge < -0.3 is 14.6 Å². The number of aliphatic hydroxyl groups excluding tert-OH is 1. The average Bonchev–Trinajstić information content (AvgIpc) is 2.32. The van der Waals surface area contributed by atoms with Gasteiger partial charge in [0.25, 0.3) is 0 Å². The van der Waals surface area contributed by atoms with E-state index < -0.39 is 0 Å². The van der Waals surface area contributed by atoms with Gasteiger partial charge in [-0.1, -0.05) is 0 Å². The van der Waals surface area contributed by atoms with Crippen LogP contribution in [0.25, 0.3) is 0 Å². The number of esters is 2. The van der Waals surface area contributed by atoms with Crippen molar-refractivity contribution in [2.75, 3.05) is 13.2 Å². The molecule has 0 fully saturated rings. The van der Waals surface area contributed by atoms with Crippen LogP contribution in [0.1, 0.15) is 46.0 Å². The predicted octanol–water partition coefficient (Wildman–Crippen LogP) is 1.94. The number of allylic oxidation sites excluding steroid dienone is 1. The number of rotatable bonds is 9. The van der Waals surface area contributed by atoms with Gasteiger partial charge in [-0.3, -0.25) is 9.59 Å². The summed E-state index contributed by atoms with van der Waals surface area (Å²) >= 11 is 0. The standard InChI is InChI=1S/C13H22O5/c1-11(2)10-18-13(16)7-4-3-6-12(15)17-9-5-8-14/h10,14H,3-9H2,1-2H3. The Morgan fingerprint density at radius 3 is 2.22 bits per heavy atom. The molecular weight excluding hydrogens is 236 g/mol. The molecule has 0 aromatic heterocycles. The molecule has 0 aliphatic heterocycles. The summed E-state index contributed by atoms with van der Waals surface area (Å²) in [6, 6.07) is 0. The molecule has 5 nitrogen and oxygen atoms in total. The Morgan fingerprint density at radius 1 is 1.06 bits per heavy atom. The van der Waals surface area contributed by atoms with Crippen molar-refractivity contribution in [3.63, 3.8) is 0 Å². The van der Waals surface area contributed by atoms with Crippen molar-refractivity contribution in [2.24, 2.45) is 0 Å². The lowest BCUT2D eigenvalue weighted by atomic mass is 10.2. The second-order valence-electron chi connectivity index (χ2n) is 4.19. The van der Waals surface area contributed by atoms with E-state index in [1.165, 1.54) is 6.26 Å². The summed E-state index contributed by atoms with van der Waals surface area (Å²) in [4.78, 5) is 22.3. The molecule has 0 spiro atoms. The largest absolute Gasteiger partial charge is 0.466 e. The molecular formula is C13H22O5. The Bertz CT molecular complexity index is 279. The lowest BCUT2D eigenvalue weighted by Gasteiger charge is -2.03. The molecule has 0 radical (unpaired) electrons. The Kier molecular flexibility index (Phi) is 9.96. The number of carbonyl (C=O) groups excluding carboxylic acids is 2. The maximum atomic E-state index is 11.2. The normalized spacial score (nSPS) is 9.72. The number of unbranched alkanes of at least 4 members (excludes halogenated alkanes) is 1. The van der Waals surface area contributed by atoms with Crippen LogP contribution >= 0.6 is 0 Å². The van der Waals surface area contributed by atoms with E-state index in [-0.39, 0.29) is 25.2 Å². The van der Waals surface area contributed by atoms with Crippen LogP contribution in [0.15, 0.2) is 11.8 Å². The second-order valence-corrected chi connectivity index (χ2v) is 4.19. The van der Waals surface area contributed by atoms with Crippen molar-refractivity contribution >= 4 is 11.9 Å². The molecule has 0 heterocycles. The number of hydrogen-bond donors (Lipinski definition) is 1. The summed E-state index contributed by atoms with van der Waals surface area (Å²) in [5.41, 5.74) is 0.927. The molecule has 0 aliphatic rings. The van der Waals surface area contributed by atoms with Crippen LogP contribution in [0, 0.1) is 0 Å². The number of aliphatic hydroxyl groups is 1. The lowest BCUT2D eigenvalue weighted by Crippen LogP contribution is -2.07. The van der Waals surface area contributed by atoms with E-state index in [2.05, 4.69) is 0 Å². The van der Waals surface area contributed by atoms with Gasteiger partial charge in [0.2, 0.25) is 0 Å². The molecule has 0 amide bonds. The average molecular weight is 258 g/mol. The van der Waals surface area contributed by atoms with Crippen LogP contribution < -0.4 is 0 Å². The van der Waals surface area contributed by atoms with Crippen molar-refractivity contribution in [1.82, 2.24) is 0 Å². The number of hydrogen-bond acceptors (Lipinski definition) is 5. The molecule has 0 bridgehead atoms. The van der Waals surface area contributed by atoms with Crippen molar-refractivity contribution < 1.29 is 24.2 Å². The van der Waals surface area contributed by atoms with E-state index in [4.69, 9.17) is 14.6 Å². The first-order valence-electron chi connectivity index (χ1n) is 6.15. The maximum absolute atomic E-state index is 11.2. The fraction of sp³-hybridized carbons (Fsp3) is 0.692. The fourth-order valence-corrected chi connectivity index (χ4v) is 1.10. The SMILES string of the molecule is CC(C)=COC(=O)CCCCC(=O)OCCCO. The molecule has 0 saturated heterocycles. The Morgan fingerprint density at radius 2 is 1.67 bits per heavy atom. The van der Waals surface area contributed by atoms with Crippen LogP contribution in [0.3, 0.4) is 0 Å². The Hall–Kier alpha value is -1.36. The van der Waals surface area contributed by atoms with Crippen LogP contribution in [-0.4, -0.2) is 30.3 Å². The number of ether oxygens (including phenoxy) is 2. The minimum Gasteiger partial charge on any atom is -0.466 e. The van der Waals surface area contributed by atoms with Gasteiger partial charge in [0.1, 0.15) is 0 Å². The van der Waals surface area contributed by atoms with Gasteiger partial charge in [-0.25, -0.2) is 0 Å². The third-order valence-electron chi connectivity index (χ3n) is 2.00. The van der Waals surface area contributed by atoms with Crippen LogP contribution in [0.5, 0.6) is 0 Å². The first kappa shape index (κ1) is 16.6. The molecule has 18 heavy (non-hydrogen) atoms. The summed E-state index contributed by atoms with van der Waals surface area (Å²) in [6.07, 6.45) is 3.67. The highest BCUT2D eigenvalue weighted by Gasteiger charge is 2.05. The van der Waals surface area contributed by atoms with E-state index >= 15 is 0 Å². The highest BCUT2D eigenvalue weighted by atomic mass is 16.5. The van der Waals surface area contributed by atoms with Gasteiger partial charge in [-0.15, -0.1) is 0 Å². The zero-order chi connectivity index (χ0) is 13.8. The van der Waals surface area contributed by atoms with Crippen LogP contribution in [0.2, 0.25) is 0 Å². The molecule has 0 rings (SSSR count). The summed E-state index contributed by atoms with van der Waals surface area (Å²) in [6.45, 7) is 3.95. The third-order valence-corrected chi connectivity index (χ3v) is 2.00. The van der Waals surface area contributed by atoms with Crippen LogP contribution in [0.4, 0.5) is 0 Å². The lowest BCUT2D eigenvalue weighted by molar-refractivity contribution is -0.144. The summed E-state index contributed by atoms with van der Waals surface area (Å²) in [5.74, 6) is -0.578. The smallest absolute Gasteiger partial charge is 0.310 e. The molecule has 0 saturated carbocycles. The minimum atomic E-state index is -0.291. The van der Waals surface area contributed by atoms with Gasteiger partial charge in [0.05, 0.1) is 12.9 Å². The summed E-state index contributed by atoms with van der Waals surface area (Å²) in [5, 5.41) is 8.50. The van der Waals surface area contributed by atoms with Crippen molar-refractivity contribution in [1.29, 1.82) is 0 Å². The first-order valence-corrected chi connectivity index (χ1v) is 6.15. The van der Waals surface area contributed by atoms with Crippen LogP contribution in [-0.2, 0) is 19.1 Å². The molecule has 0 aliphatic carbocycles. The molecule has 5 heteroatoms. The molecule has 1 N–H and O–H groups in total. The Labute approximate surface area is 108 Å². The highest BCUT2D eigenvalue weighted by Crippen LogP contribution is 2.04. The van der Waals surface area contributed by atoms with Gasteiger partial charge >= 0.3 is 11.9 Å². The van der Waals surface area contributed by atoms with Gasteiger partial charge in [-0.05, 0) is 32.3 Å². The third kappa shape index (κ3) is 11.1. The quantitative estimate of drug-likeness (QED) is 0.388. The first-order chi connectivity index (χ1) is 8.56. The predicted molar refractivity (Wildman–Crippen MR) is 66.7 cm³/mol.